The van der Waals surface area contributed by atoms with Crippen molar-refractivity contribution in [2.24, 2.45) is 5.92 Å². The lowest BCUT2D eigenvalue weighted by Gasteiger charge is -2.12. The highest BCUT2D eigenvalue weighted by Crippen LogP contribution is 2.26. The monoisotopic (exact) mass is 254 g/mol. The second-order valence-electron chi connectivity index (χ2n) is 4.56. The molecule has 1 saturated carbocycles. The number of nitrogen functional groups attached to an aromatic ring is 1. The van der Waals surface area contributed by atoms with Crippen molar-refractivity contribution in [1.29, 1.82) is 0 Å². The second-order valence-corrected chi connectivity index (χ2v) is 5.56. The first kappa shape index (κ1) is 12.3. The number of rotatable bonds is 3. The molecule has 0 radical (unpaired) electrons. The van der Waals surface area contributed by atoms with Crippen molar-refractivity contribution in [3.63, 3.8) is 0 Å². The quantitative estimate of drug-likeness (QED) is 0.812. The molecule has 0 atom stereocenters. The normalized spacial score (nSPS) is 17.6. The van der Waals surface area contributed by atoms with Gasteiger partial charge in [0.15, 0.2) is 0 Å². The number of amides is 1. The van der Waals surface area contributed by atoms with Crippen molar-refractivity contribution >= 4 is 27.5 Å². The summed E-state index contributed by atoms with van der Waals surface area (Å²) >= 11 is 1.21. The Hall–Kier alpha value is -1.17. The first-order valence-corrected chi connectivity index (χ1v) is 6.94. The van der Waals surface area contributed by atoms with Gasteiger partial charge < -0.3 is 11.1 Å². The molecule has 0 aromatic carbocycles. The molecule has 1 aromatic rings. The Kier molecular flexibility index (Phi) is 4.30. The van der Waals surface area contributed by atoms with Crippen LogP contribution in [-0.4, -0.2) is 16.1 Å². The summed E-state index contributed by atoms with van der Waals surface area (Å²) < 4.78 is 0. The number of anilines is 2. The standard InChI is InChI=1S/C11H18N4OS/c12-10-14-15-11(17-10)13-9(16)7-8-5-3-1-2-4-6-8/h8H,1-7H2,(H2,12,14)(H,13,15,16). The van der Waals surface area contributed by atoms with E-state index in [2.05, 4.69) is 15.5 Å². The van der Waals surface area contributed by atoms with Gasteiger partial charge >= 0.3 is 0 Å². The highest BCUT2D eigenvalue weighted by molar-refractivity contribution is 7.18. The molecular formula is C11H18N4OS. The zero-order chi connectivity index (χ0) is 12.1. The van der Waals surface area contributed by atoms with E-state index in [1.165, 1.54) is 49.9 Å². The second kappa shape index (κ2) is 5.95. The molecule has 5 nitrogen and oxygen atoms in total. The molecule has 1 aliphatic carbocycles. The van der Waals surface area contributed by atoms with Gasteiger partial charge in [0, 0.05) is 6.42 Å². The van der Waals surface area contributed by atoms with Crippen LogP contribution in [0.25, 0.3) is 0 Å². The minimum Gasteiger partial charge on any atom is -0.374 e. The average Bonchev–Trinajstić information content (AvgIpc) is 2.53. The molecule has 1 aliphatic rings. The summed E-state index contributed by atoms with van der Waals surface area (Å²) in [7, 11) is 0. The van der Waals surface area contributed by atoms with Gasteiger partial charge in [0.25, 0.3) is 0 Å². The summed E-state index contributed by atoms with van der Waals surface area (Å²) in [6.07, 6.45) is 8.07. The summed E-state index contributed by atoms with van der Waals surface area (Å²) in [5.74, 6) is 0.566. The number of hydrogen-bond acceptors (Lipinski definition) is 5. The van der Waals surface area contributed by atoms with Gasteiger partial charge in [-0.15, -0.1) is 10.2 Å². The third kappa shape index (κ3) is 3.96. The third-order valence-corrected chi connectivity index (χ3v) is 3.80. The van der Waals surface area contributed by atoms with E-state index in [9.17, 15) is 4.79 Å². The molecular weight excluding hydrogens is 236 g/mol. The van der Waals surface area contributed by atoms with Crippen molar-refractivity contribution in [1.82, 2.24) is 10.2 Å². The molecule has 0 unspecified atom stereocenters. The van der Waals surface area contributed by atoms with Gasteiger partial charge in [0.05, 0.1) is 0 Å². The summed E-state index contributed by atoms with van der Waals surface area (Å²) in [6, 6.07) is 0. The van der Waals surface area contributed by atoms with Crippen LogP contribution < -0.4 is 11.1 Å². The Morgan fingerprint density at radius 3 is 2.59 bits per heavy atom. The molecule has 2 rings (SSSR count). The van der Waals surface area contributed by atoms with Gasteiger partial charge in [-0.2, -0.15) is 0 Å². The summed E-state index contributed by atoms with van der Waals surface area (Å²) in [5.41, 5.74) is 5.45. The lowest BCUT2D eigenvalue weighted by molar-refractivity contribution is -0.117. The Bertz CT molecular complexity index is 371. The van der Waals surface area contributed by atoms with Gasteiger partial charge in [-0.3, -0.25) is 4.79 Å². The van der Waals surface area contributed by atoms with Crippen LogP contribution in [0.2, 0.25) is 0 Å². The van der Waals surface area contributed by atoms with Gasteiger partial charge in [0.2, 0.25) is 16.2 Å². The summed E-state index contributed by atoms with van der Waals surface area (Å²) in [6.45, 7) is 0. The highest BCUT2D eigenvalue weighted by atomic mass is 32.1. The molecule has 0 spiro atoms. The SMILES string of the molecule is Nc1nnc(NC(=O)CC2CCCCCC2)s1. The molecule has 6 heteroatoms. The number of nitrogens with zero attached hydrogens (tertiary/aromatic N) is 2. The average molecular weight is 254 g/mol. The third-order valence-electron chi connectivity index (χ3n) is 3.14. The molecule has 17 heavy (non-hydrogen) atoms. The smallest absolute Gasteiger partial charge is 0.226 e. The number of hydrogen-bond donors (Lipinski definition) is 2. The van der Waals surface area contributed by atoms with Crippen LogP contribution in [-0.2, 0) is 4.79 Å². The zero-order valence-electron chi connectivity index (χ0n) is 9.82. The lowest BCUT2D eigenvalue weighted by atomic mass is 9.96. The first-order valence-electron chi connectivity index (χ1n) is 6.13. The van der Waals surface area contributed by atoms with E-state index in [0.29, 0.717) is 22.6 Å². The highest BCUT2D eigenvalue weighted by Gasteiger charge is 2.16. The molecule has 0 aliphatic heterocycles. The van der Waals surface area contributed by atoms with Crippen LogP contribution in [0.15, 0.2) is 0 Å². The molecule has 1 fully saturated rings. The first-order chi connectivity index (χ1) is 8.24. The number of nitrogens with two attached hydrogens (primary N) is 1. The van der Waals surface area contributed by atoms with Crippen molar-refractivity contribution in [3.8, 4) is 0 Å². The van der Waals surface area contributed by atoms with Crippen LogP contribution in [0.3, 0.4) is 0 Å². The summed E-state index contributed by atoms with van der Waals surface area (Å²) in [4.78, 5) is 11.8. The number of nitrogens with one attached hydrogen (secondary N) is 1. The van der Waals surface area contributed by atoms with Gasteiger partial charge in [-0.25, -0.2) is 0 Å². The number of aromatic nitrogens is 2. The van der Waals surface area contributed by atoms with Crippen molar-refractivity contribution in [2.75, 3.05) is 11.1 Å². The number of carbonyl (C=O) groups excluding carboxylic acids is 1. The van der Waals surface area contributed by atoms with Gasteiger partial charge in [0.1, 0.15) is 0 Å². The number of carbonyl (C=O) groups is 1. The lowest BCUT2D eigenvalue weighted by Crippen LogP contribution is -2.16. The maximum atomic E-state index is 11.8. The fraction of sp³-hybridized carbons (Fsp3) is 0.727. The maximum absolute atomic E-state index is 11.8. The summed E-state index contributed by atoms with van der Waals surface area (Å²) in [5, 5.41) is 11.1. The Balaban J connectivity index is 1.80. The fourth-order valence-corrected chi connectivity index (χ4v) is 2.81. The van der Waals surface area contributed by atoms with Crippen molar-refractivity contribution < 1.29 is 4.79 Å². The predicted octanol–water partition coefficient (Wildman–Crippen LogP) is 2.42. The minimum absolute atomic E-state index is 0.0352. The molecule has 0 bridgehead atoms. The van der Waals surface area contributed by atoms with Gasteiger partial charge in [-0.05, 0) is 18.8 Å². The van der Waals surface area contributed by atoms with Crippen LogP contribution in [0.5, 0.6) is 0 Å². The fourth-order valence-electron chi connectivity index (χ4n) is 2.29. The van der Waals surface area contributed by atoms with Crippen molar-refractivity contribution in [2.45, 2.75) is 44.9 Å². The minimum atomic E-state index is 0.0352. The maximum Gasteiger partial charge on any atom is 0.226 e. The van der Waals surface area contributed by atoms with Crippen LogP contribution in [0, 0.1) is 5.92 Å². The molecule has 0 saturated heterocycles. The van der Waals surface area contributed by atoms with Crippen LogP contribution >= 0.6 is 11.3 Å². The van der Waals surface area contributed by atoms with E-state index in [-0.39, 0.29) is 5.91 Å². The Labute approximate surface area is 105 Å². The Morgan fingerprint density at radius 1 is 1.29 bits per heavy atom. The van der Waals surface area contributed by atoms with Gasteiger partial charge in [-0.1, -0.05) is 37.0 Å². The van der Waals surface area contributed by atoms with E-state index >= 15 is 0 Å². The largest absolute Gasteiger partial charge is 0.374 e. The Morgan fingerprint density at radius 2 is 2.00 bits per heavy atom. The molecule has 1 aromatic heterocycles. The van der Waals surface area contributed by atoms with E-state index in [4.69, 9.17) is 5.73 Å². The van der Waals surface area contributed by atoms with Crippen molar-refractivity contribution in [3.05, 3.63) is 0 Å². The zero-order valence-corrected chi connectivity index (χ0v) is 10.6. The molecule has 3 N–H and O–H groups in total. The molecule has 1 amide bonds. The van der Waals surface area contributed by atoms with Crippen LogP contribution in [0.4, 0.5) is 10.3 Å². The predicted molar refractivity (Wildman–Crippen MR) is 68.8 cm³/mol. The van der Waals surface area contributed by atoms with E-state index < -0.39 is 0 Å². The van der Waals surface area contributed by atoms with Crippen LogP contribution in [0.1, 0.15) is 44.9 Å². The van der Waals surface area contributed by atoms with E-state index in [0.717, 1.165) is 0 Å². The molecule has 1 heterocycles. The van der Waals surface area contributed by atoms with E-state index in [1.54, 1.807) is 0 Å². The molecule has 94 valence electrons. The van der Waals surface area contributed by atoms with E-state index in [1.807, 2.05) is 0 Å². The topological polar surface area (TPSA) is 80.9 Å².